The maximum absolute atomic E-state index is 11.1. The van der Waals surface area contributed by atoms with Crippen molar-refractivity contribution >= 4 is 33.6 Å². The molecule has 0 rings (SSSR count). The van der Waals surface area contributed by atoms with E-state index >= 15 is 0 Å². The van der Waals surface area contributed by atoms with Crippen LogP contribution in [-0.2, 0) is 10.0 Å². The SMILES string of the molecule is CNS(=O)(=O)CC(C)(C)N(Cl)Cl. The van der Waals surface area contributed by atoms with Crippen LogP contribution in [0.25, 0.3) is 0 Å². The Kier molecular flexibility index (Phi) is 4.26. The topological polar surface area (TPSA) is 49.4 Å². The third-order valence-electron chi connectivity index (χ3n) is 1.31. The minimum absolute atomic E-state index is 0.149. The van der Waals surface area contributed by atoms with Gasteiger partial charge in [0.1, 0.15) is 0 Å². The lowest BCUT2D eigenvalue weighted by Crippen LogP contribution is -2.42. The first-order valence-electron chi connectivity index (χ1n) is 3.24. The van der Waals surface area contributed by atoms with Gasteiger partial charge in [-0.3, -0.25) is 0 Å². The molecule has 0 heterocycles. The van der Waals surface area contributed by atoms with E-state index in [1.807, 2.05) is 0 Å². The Bertz CT molecular complexity index is 238. The number of sulfonamides is 1. The van der Waals surface area contributed by atoms with E-state index in [-0.39, 0.29) is 5.75 Å². The van der Waals surface area contributed by atoms with E-state index in [0.717, 1.165) is 3.94 Å². The van der Waals surface area contributed by atoms with Gasteiger partial charge >= 0.3 is 0 Å². The molecule has 0 saturated carbocycles. The predicted octanol–water partition coefficient (Wildman–Crippen LogP) is 0.924. The van der Waals surface area contributed by atoms with Gasteiger partial charge in [0, 0.05) is 0 Å². The van der Waals surface area contributed by atoms with Crippen LogP contribution in [0.5, 0.6) is 0 Å². The Labute approximate surface area is 83.1 Å². The van der Waals surface area contributed by atoms with Gasteiger partial charge in [-0.25, -0.2) is 13.1 Å². The summed E-state index contributed by atoms with van der Waals surface area (Å²) in [5.41, 5.74) is -0.801. The number of halogens is 2. The maximum atomic E-state index is 11.1. The summed E-state index contributed by atoms with van der Waals surface area (Å²) in [5, 5.41) is 0. The molecule has 0 amide bonds. The van der Waals surface area contributed by atoms with Crippen molar-refractivity contribution in [3.8, 4) is 0 Å². The van der Waals surface area contributed by atoms with Crippen molar-refractivity contribution in [3.63, 3.8) is 0 Å². The van der Waals surface area contributed by atoms with Crippen LogP contribution in [0.3, 0.4) is 0 Å². The molecule has 4 nitrogen and oxygen atoms in total. The quantitative estimate of drug-likeness (QED) is 0.737. The van der Waals surface area contributed by atoms with Crippen molar-refractivity contribution in [2.24, 2.45) is 0 Å². The standard InChI is InChI=1S/C5H12Cl2N2O2S/c1-5(2,9(6)7)4-12(10,11)8-3/h8H,4H2,1-3H3. The van der Waals surface area contributed by atoms with Gasteiger partial charge in [0.15, 0.2) is 0 Å². The Hall–Kier alpha value is 0.450. The Balaban J connectivity index is 4.46. The van der Waals surface area contributed by atoms with E-state index < -0.39 is 15.6 Å². The Morgan fingerprint density at radius 2 is 1.83 bits per heavy atom. The first kappa shape index (κ1) is 12.4. The number of hydrogen-bond donors (Lipinski definition) is 1. The monoisotopic (exact) mass is 234 g/mol. The van der Waals surface area contributed by atoms with Gasteiger partial charge in [-0.2, -0.15) is 0 Å². The molecule has 1 N–H and O–H groups in total. The molecule has 0 bridgehead atoms. The first-order chi connectivity index (χ1) is 5.21. The molecule has 0 aliphatic carbocycles. The summed E-state index contributed by atoms with van der Waals surface area (Å²) in [6, 6.07) is 0. The fourth-order valence-corrected chi connectivity index (χ4v) is 2.05. The fourth-order valence-electron chi connectivity index (χ4n) is 0.586. The Morgan fingerprint density at radius 3 is 2.08 bits per heavy atom. The van der Waals surface area contributed by atoms with Crippen LogP contribution >= 0.6 is 23.6 Å². The van der Waals surface area contributed by atoms with Crippen LogP contribution in [0.1, 0.15) is 13.8 Å². The minimum Gasteiger partial charge on any atom is -0.218 e. The molecule has 0 aliphatic heterocycles. The Morgan fingerprint density at radius 1 is 1.42 bits per heavy atom. The smallest absolute Gasteiger partial charge is 0.213 e. The largest absolute Gasteiger partial charge is 0.218 e. The van der Waals surface area contributed by atoms with Crippen molar-refractivity contribution < 1.29 is 8.42 Å². The van der Waals surface area contributed by atoms with Gasteiger partial charge < -0.3 is 0 Å². The van der Waals surface area contributed by atoms with Crippen LogP contribution in [0.15, 0.2) is 0 Å². The molecule has 0 aliphatic rings. The molecule has 0 atom stereocenters. The molecule has 12 heavy (non-hydrogen) atoms. The van der Waals surface area contributed by atoms with Crippen molar-refractivity contribution in [2.45, 2.75) is 19.4 Å². The van der Waals surface area contributed by atoms with Gasteiger partial charge in [0.05, 0.1) is 11.3 Å². The van der Waals surface area contributed by atoms with Crippen molar-refractivity contribution in [3.05, 3.63) is 0 Å². The van der Waals surface area contributed by atoms with E-state index in [9.17, 15) is 8.42 Å². The number of rotatable bonds is 4. The lowest BCUT2D eigenvalue weighted by Gasteiger charge is -2.26. The number of nitrogens with zero attached hydrogens (tertiary/aromatic N) is 1. The lowest BCUT2D eigenvalue weighted by atomic mass is 10.1. The van der Waals surface area contributed by atoms with E-state index in [1.54, 1.807) is 13.8 Å². The van der Waals surface area contributed by atoms with Crippen molar-refractivity contribution in [1.29, 1.82) is 0 Å². The van der Waals surface area contributed by atoms with Gasteiger partial charge in [0.2, 0.25) is 10.0 Å². The molecule has 74 valence electrons. The van der Waals surface area contributed by atoms with Gasteiger partial charge in [-0.05, 0) is 44.4 Å². The maximum Gasteiger partial charge on any atom is 0.213 e. The number of nitrogens with one attached hydrogen (secondary N) is 1. The molecule has 0 fully saturated rings. The zero-order chi connectivity index (χ0) is 9.99. The fraction of sp³-hybridized carbons (Fsp3) is 1.00. The zero-order valence-corrected chi connectivity index (χ0v) is 9.46. The molecule has 0 aromatic heterocycles. The summed E-state index contributed by atoms with van der Waals surface area (Å²) >= 11 is 10.9. The van der Waals surface area contributed by atoms with Gasteiger partial charge in [0.25, 0.3) is 0 Å². The zero-order valence-electron chi connectivity index (χ0n) is 7.13. The second-order valence-corrected chi connectivity index (χ2v) is 5.78. The van der Waals surface area contributed by atoms with E-state index in [2.05, 4.69) is 4.72 Å². The molecule has 0 radical (unpaired) electrons. The molecule has 0 spiro atoms. The second kappa shape index (κ2) is 4.11. The van der Waals surface area contributed by atoms with Crippen LogP contribution in [0.4, 0.5) is 0 Å². The second-order valence-electron chi connectivity index (χ2n) is 3.01. The summed E-state index contributed by atoms with van der Waals surface area (Å²) in [4.78, 5) is 0. The highest BCUT2D eigenvalue weighted by Crippen LogP contribution is 2.20. The van der Waals surface area contributed by atoms with E-state index in [4.69, 9.17) is 23.6 Å². The molecule has 0 aromatic carbocycles. The van der Waals surface area contributed by atoms with Crippen LogP contribution in [-0.4, -0.2) is 30.7 Å². The minimum atomic E-state index is -3.28. The van der Waals surface area contributed by atoms with Crippen LogP contribution in [0.2, 0.25) is 0 Å². The summed E-state index contributed by atoms with van der Waals surface area (Å²) in [6.07, 6.45) is 0. The molecular formula is C5H12Cl2N2O2S. The average molecular weight is 235 g/mol. The van der Waals surface area contributed by atoms with E-state index in [0.29, 0.717) is 0 Å². The summed E-state index contributed by atoms with van der Waals surface area (Å²) < 4.78 is 25.1. The normalized spacial score (nSPS) is 13.8. The summed E-state index contributed by atoms with van der Waals surface area (Å²) in [6.45, 7) is 3.25. The average Bonchev–Trinajstić information content (AvgIpc) is 1.85. The van der Waals surface area contributed by atoms with E-state index in [1.165, 1.54) is 7.05 Å². The molecular weight excluding hydrogens is 223 g/mol. The molecule has 0 unspecified atom stereocenters. The highest BCUT2D eigenvalue weighted by Gasteiger charge is 2.30. The molecule has 0 aromatic rings. The van der Waals surface area contributed by atoms with Crippen LogP contribution in [0, 0.1) is 0 Å². The molecule has 0 saturated heterocycles. The van der Waals surface area contributed by atoms with Gasteiger partial charge in [-0.15, -0.1) is 3.94 Å². The third-order valence-corrected chi connectivity index (χ3v) is 3.94. The molecule has 7 heteroatoms. The highest BCUT2D eigenvalue weighted by molar-refractivity contribution is 7.89. The summed E-state index contributed by atoms with van der Waals surface area (Å²) in [7, 11) is -1.94. The highest BCUT2D eigenvalue weighted by atomic mass is 35.5. The van der Waals surface area contributed by atoms with Crippen LogP contribution < -0.4 is 4.72 Å². The number of hydrogen-bond acceptors (Lipinski definition) is 3. The van der Waals surface area contributed by atoms with Crippen molar-refractivity contribution in [2.75, 3.05) is 12.8 Å². The summed E-state index contributed by atoms with van der Waals surface area (Å²) in [5.74, 6) is -0.149. The third kappa shape index (κ3) is 3.91. The van der Waals surface area contributed by atoms with Crippen molar-refractivity contribution in [1.82, 2.24) is 8.66 Å². The lowest BCUT2D eigenvalue weighted by molar-refractivity contribution is 0.389. The predicted molar refractivity (Wildman–Crippen MR) is 50.5 cm³/mol. The first-order valence-corrected chi connectivity index (χ1v) is 5.57. The van der Waals surface area contributed by atoms with Gasteiger partial charge in [-0.1, -0.05) is 0 Å².